The molecular weight excluding hydrogens is 155 g/mol. The van der Waals surface area contributed by atoms with E-state index in [0.717, 1.165) is 0 Å². The second-order valence-electron chi connectivity index (χ2n) is 1.63. The zero-order chi connectivity index (χ0) is 9.46. The van der Waals surface area contributed by atoms with Gasteiger partial charge in [0.25, 0.3) is 0 Å². The molecule has 0 aliphatic rings. The van der Waals surface area contributed by atoms with Crippen molar-refractivity contribution in [3.63, 3.8) is 0 Å². The summed E-state index contributed by atoms with van der Waals surface area (Å²) in [6.45, 7) is 1.59. The molecular formula is C7H6Cl2. The van der Waals surface area contributed by atoms with E-state index in [1.807, 2.05) is 0 Å². The van der Waals surface area contributed by atoms with Crippen LogP contribution in [0, 0.1) is 6.92 Å². The van der Waals surface area contributed by atoms with Crippen LogP contribution in [0.3, 0.4) is 0 Å². The fraction of sp³-hybridized carbons (Fsp3) is 0.143. The second kappa shape index (κ2) is 2.59. The summed E-state index contributed by atoms with van der Waals surface area (Å²) in [5.41, 5.74) is 0.427. The summed E-state index contributed by atoms with van der Waals surface area (Å²) in [6.07, 6.45) is 0. The highest BCUT2D eigenvalue weighted by Crippen LogP contribution is 2.19. The van der Waals surface area contributed by atoms with E-state index < -0.39 is 0 Å². The third-order valence-corrected chi connectivity index (χ3v) is 1.48. The van der Waals surface area contributed by atoms with E-state index in [4.69, 9.17) is 27.3 Å². The molecule has 9 heavy (non-hydrogen) atoms. The Hall–Kier alpha value is -0.200. The molecule has 0 aliphatic heterocycles. The third kappa shape index (κ3) is 1.60. The zero-order valence-corrected chi connectivity index (χ0v) is 6.27. The van der Waals surface area contributed by atoms with Gasteiger partial charge < -0.3 is 0 Å². The lowest BCUT2D eigenvalue weighted by Gasteiger charge is -1.94. The van der Waals surface area contributed by atoms with E-state index in [0.29, 0.717) is 5.56 Å². The van der Waals surface area contributed by atoms with Crippen LogP contribution in [-0.4, -0.2) is 0 Å². The van der Waals surface area contributed by atoms with Crippen molar-refractivity contribution in [1.29, 1.82) is 0 Å². The lowest BCUT2D eigenvalue weighted by molar-refractivity contribution is 1.47. The van der Waals surface area contributed by atoms with Gasteiger partial charge in [0, 0.05) is 10.0 Å². The van der Waals surface area contributed by atoms with E-state index in [-0.39, 0.29) is 28.2 Å². The minimum absolute atomic E-state index is 0.0130. The number of benzene rings is 1. The Bertz CT molecular complexity index is 231. The summed E-state index contributed by atoms with van der Waals surface area (Å²) in [4.78, 5) is 0. The summed E-state index contributed by atoms with van der Waals surface area (Å²) in [6, 6.07) is -0.221. The van der Waals surface area contributed by atoms with Crippen molar-refractivity contribution in [1.82, 2.24) is 0 Å². The molecule has 0 bridgehead atoms. The van der Waals surface area contributed by atoms with Crippen LogP contribution in [0.25, 0.3) is 0 Å². The van der Waals surface area contributed by atoms with Gasteiger partial charge in [-0.05, 0) is 24.6 Å². The van der Waals surface area contributed by atoms with E-state index >= 15 is 0 Å². The number of rotatable bonds is 0. The minimum Gasteiger partial charge on any atom is -0.0843 e. The highest BCUT2D eigenvalue weighted by Gasteiger charge is 1.92. The smallest absolute Gasteiger partial charge is 0.0654 e. The first-order chi connectivity index (χ1) is 5.46. The normalized spacial score (nSPS) is 14.3. The van der Waals surface area contributed by atoms with Crippen LogP contribution in [0.2, 0.25) is 10.0 Å². The minimum atomic E-state index is -0.136. The molecule has 0 saturated heterocycles. The topological polar surface area (TPSA) is 0 Å². The van der Waals surface area contributed by atoms with Gasteiger partial charge in [-0.1, -0.05) is 29.2 Å². The Morgan fingerprint density at radius 2 is 2.11 bits per heavy atom. The highest BCUT2D eigenvalue weighted by molar-refractivity contribution is 6.35. The van der Waals surface area contributed by atoms with E-state index in [1.165, 1.54) is 0 Å². The quantitative estimate of drug-likeness (QED) is 0.551. The summed E-state index contributed by atoms with van der Waals surface area (Å²) < 4.78 is 22.1. The van der Waals surface area contributed by atoms with Crippen LogP contribution < -0.4 is 0 Å². The first-order valence-electron chi connectivity index (χ1n) is 3.88. The number of halogens is 2. The van der Waals surface area contributed by atoms with Crippen LogP contribution in [0.1, 0.15) is 9.68 Å². The largest absolute Gasteiger partial charge is 0.0843 e. The average molecular weight is 164 g/mol. The third-order valence-electron chi connectivity index (χ3n) is 0.908. The molecule has 0 saturated carbocycles. The molecule has 0 amide bonds. The van der Waals surface area contributed by atoms with Crippen molar-refractivity contribution in [3.8, 4) is 0 Å². The Morgan fingerprint density at radius 1 is 1.44 bits per heavy atom. The Balaban J connectivity index is 3.60. The molecule has 0 radical (unpaired) electrons. The van der Waals surface area contributed by atoms with Gasteiger partial charge in [0.15, 0.2) is 0 Å². The maximum Gasteiger partial charge on any atom is 0.0654 e. The molecule has 0 unspecified atom stereocenters. The molecule has 0 nitrogen and oxygen atoms in total. The Kier molecular flexibility index (Phi) is 1.11. The Labute approximate surface area is 68.6 Å². The van der Waals surface area contributed by atoms with Crippen LogP contribution in [0.5, 0.6) is 0 Å². The van der Waals surface area contributed by atoms with Gasteiger partial charge in [0.1, 0.15) is 0 Å². The van der Waals surface area contributed by atoms with E-state index in [2.05, 4.69) is 0 Å². The van der Waals surface area contributed by atoms with Crippen molar-refractivity contribution in [2.75, 3.05) is 0 Å². The van der Waals surface area contributed by atoms with Crippen molar-refractivity contribution in [2.45, 2.75) is 6.92 Å². The van der Waals surface area contributed by atoms with Crippen molar-refractivity contribution < 1.29 is 4.11 Å². The first kappa shape index (κ1) is 3.85. The lowest BCUT2D eigenvalue weighted by atomic mass is 10.2. The highest BCUT2D eigenvalue weighted by atomic mass is 35.5. The summed E-state index contributed by atoms with van der Waals surface area (Å²) in [7, 11) is 0. The fourth-order valence-electron chi connectivity index (χ4n) is 0.425. The second-order valence-corrected chi connectivity index (χ2v) is 2.38. The maximum atomic E-state index is 7.38. The predicted octanol–water partition coefficient (Wildman–Crippen LogP) is 3.30. The maximum absolute atomic E-state index is 7.38. The van der Waals surface area contributed by atoms with Gasteiger partial charge in [-0.3, -0.25) is 0 Å². The van der Waals surface area contributed by atoms with Gasteiger partial charge in [0.05, 0.1) is 4.11 Å². The summed E-state index contributed by atoms with van der Waals surface area (Å²) in [5, 5.41) is 0.0941. The monoisotopic (exact) mass is 163 g/mol. The molecule has 48 valence electrons. The molecule has 1 aromatic carbocycles. The first-order valence-corrected chi connectivity index (χ1v) is 3.13. The van der Waals surface area contributed by atoms with Crippen molar-refractivity contribution >= 4 is 23.2 Å². The molecule has 0 heterocycles. The van der Waals surface area contributed by atoms with Crippen LogP contribution in [-0.2, 0) is 0 Å². The van der Waals surface area contributed by atoms with Gasteiger partial charge in [-0.25, -0.2) is 0 Å². The van der Waals surface area contributed by atoms with Gasteiger partial charge >= 0.3 is 0 Å². The van der Waals surface area contributed by atoms with Crippen LogP contribution in [0.15, 0.2) is 18.1 Å². The molecule has 1 aromatic rings. The molecule has 0 N–H and O–H groups in total. The summed E-state index contributed by atoms with van der Waals surface area (Å²) in [5.74, 6) is 0. The van der Waals surface area contributed by atoms with E-state index in [1.54, 1.807) is 6.92 Å². The molecule has 0 aliphatic carbocycles. The van der Waals surface area contributed by atoms with Crippen LogP contribution >= 0.6 is 23.2 Å². The zero-order valence-electron chi connectivity index (χ0n) is 7.76. The van der Waals surface area contributed by atoms with Gasteiger partial charge in [-0.2, -0.15) is 0 Å². The molecule has 2 heteroatoms. The van der Waals surface area contributed by atoms with Gasteiger partial charge in [-0.15, -0.1) is 0 Å². The predicted molar refractivity (Wildman–Crippen MR) is 41.2 cm³/mol. The standard InChI is InChI=1S/C7H6Cl2/c1-5-2-3-6(8)4-7(5)9/h2-4H,1H3/i2D,3D,4D. The number of hydrogen-bond donors (Lipinski definition) is 0. The SMILES string of the molecule is [2H]c1c([2H])c(Cl)c([2H])c(Cl)c1C. The van der Waals surface area contributed by atoms with Crippen LogP contribution in [0.4, 0.5) is 0 Å². The van der Waals surface area contributed by atoms with Crippen molar-refractivity contribution in [2.24, 2.45) is 0 Å². The molecule has 0 atom stereocenters. The van der Waals surface area contributed by atoms with Gasteiger partial charge in [0.2, 0.25) is 0 Å². The molecule has 0 aromatic heterocycles. The average Bonchev–Trinajstić information content (AvgIpc) is 2.08. The molecule has 0 fully saturated rings. The van der Waals surface area contributed by atoms with Crippen molar-refractivity contribution in [3.05, 3.63) is 33.7 Å². The Morgan fingerprint density at radius 3 is 2.78 bits per heavy atom. The fourth-order valence-corrected chi connectivity index (χ4v) is 0.757. The molecule has 0 spiro atoms. The lowest BCUT2D eigenvalue weighted by Crippen LogP contribution is -1.71. The number of hydrogen-bond acceptors (Lipinski definition) is 0. The summed E-state index contributed by atoms with van der Waals surface area (Å²) >= 11 is 11.3. The molecule has 1 rings (SSSR count). The van der Waals surface area contributed by atoms with E-state index in [9.17, 15) is 0 Å².